The van der Waals surface area contributed by atoms with E-state index in [1.165, 1.54) is 0 Å². The molecule has 0 aliphatic carbocycles. The van der Waals surface area contributed by atoms with Crippen molar-refractivity contribution in [2.24, 2.45) is 11.8 Å². The van der Waals surface area contributed by atoms with Gasteiger partial charge >= 0.3 is 0 Å². The number of rotatable bonds is 6. The Morgan fingerprint density at radius 1 is 1.27 bits per heavy atom. The number of hydrogen-bond donors (Lipinski definition) is 0. The van der Waals surface area contributed by atoms with Crippen molar-refractivity contribution < 1.29 is 0 Å². The van der Waals surface area contributed by atoms with Crippen molar-refractivity contribution >= 4 is 23.2 Å². The van der Waals surface area contributed by atoms with Gasteiger partial charge in [0.15, 0.2) is 0 Å². The molecule has 0 radical (unpaired) electrons. The Balaban J connectivity index is 4.00. The van der Waals surface area contributed by atoms with Gasteiger partial charge in [-0.3, -0.25) is 0 Å². The minimum absolute atomic E-state index is 0.564. The van der Waals surface area contributed by atoms with Crippen molar-refractivity contribution in [3.63, 3.8) is 0 Å². The zero-order valence-electron chi connectivity index (χ0n) is 9.71. The van der Waals surface area contributed by atoms with Gasteiger partial charge < -0.3 is 0 Å². The molecule has 0 saturated carbocycles. The molecule has 0 aromatic rings. The Hall–Kier alpha value is -0.200. The van der Waals surface area contributed by atoms with E-state index in [1.807, 2.05) is 19.1 Å². The van der Waals surface area contributed by atoms with Gasteiger partial charge in [-0.15, -0.1) is 11.6 Å². The monoisotopic (exact) mass is 246 g/mol. The maximum absolute atomic E-state index is 5.70. The number of hydrogen-bond acceptors (Lipinski definition) is 0. The third kappa shape index (κ3) is 7.70. The Morgan fingerprint density at radius 2 is 1.93 bits per heavy atom. The number of halogens is 2. The van der Waals surface area contributed by atoms with E-state index in [0.717, 1.165) is 17.9 Å². The van der Waals surface area contributed by atoms with Crippen LogP contribution in [-0.4, -0.2) is 5.88 Å². The van der Waals surface area contributed by atoms with Crippen LogP contribution in [0.2, 0.25) is 0 Å². The quantitative estimate of drug-likeness (QED) is 0.450. The van der Waals surface area contributed by atoms with E-state index in [0.29, 0.717) is 11.8 Å². The molecule has 0 amide bonds. The molecular formula is C13H20Cl2. The van der Waals surface area contributed by atoms with Gasteiger partial charge in [0, 0.05) is 11.4 Å². The predicted octanol–water partition coefficient (Wildman–Crippen LogP) is 5.14. The van der Waals surface area contributed by atoms with Crippen molar-refractivity contribution in [3.05, 3.63) is 35.4 Å². The van der Waals surface area contributed by atoms with Gasteiger partial charge in [0.05, 0.1) is 0 Å². The molecule has 0 spiro atoms. The first kappa shape index (κ1) is 14.8. The van der Waals surface area contributed by atoms with E-state index in [-0.39, 0.29) is 0 Å². The summed E-state index contributed by atoms with van der Waals surface area (Å²) in [5.74, 6) is 1.94. The van der Waals surface area contributed by atoms with Gasteiger partial charge in [0.25, 0.3) is 0 Å². The van der Waals surface area contributed by atoms with Crippen LogP contribution in [0.25, 0.3) is 0 Å². The first-order valence-electron chi connectivity index (χ1n) is 5.29. The second kappa shape index (κ2) is 9.06. The van der Waals surface area contributed by atoms with Crippen LogP contribution in [0.3, 0.4) is 0 Å². The van der Waals surface area contributed by atoms with Gasteiger partial charge in [-0.2, -0.15) is 0 Å². The van der Waals surface area contributed by atoms with E-state index in [2.05, 4.69) is 26.0 Å². The van der Waals surface area contributed by atoms with Gasteiger partial charge in [-0.05, 0) is 30.8 Å². The SMILES string of the molecule is CC(C=CC=CC(C)C(C)CCCl)=CCl. The van der Waals surface area contributed by atoms with Gasteiger partial charge in [-0.1, -0.05) is 49.8 Å². The summed E-state index contributed by atoms with van der Waals surface area (Å²) in [7, 11) is 0. The van der Waals surface area contributed by atoms with Crippen LogP contribution in [0.5, 0.6) is 0 Å². The molecule has 0 saturated heterocycles. The molecule has 0 nitrogen and oxygen atoms in total. The largest absolute Gasteiger partial charge is 0.127 e. The van der Waals surface area contributed by atoms with Gasteiger partial charge in [0.1, 0.15) is 0 Å². The topological polar surface area (TPSA) is 0 Å². The lowest BCUT2D eigenvalue weighted by Crippen LogP contribution is -2.05. The Labute approximate surface area is 104 Å². The highest BCUT2D eigenvalue weighted by molar-refractivity contribution is 6.25. The van der Waals surface area contributed by atoms with Gasteiger partial charge in [0.2, 0.25) is 0 Å². The Morgan fingerprint density at radius 3 is 2.47 bits per heavy atom. The molecular weight excluding hydrogens is 227 g/mol. The minimum atomic E-state index is 0.564. The summed E-state index contributed by atoms with van der Waals surface area (Å²) in [6.07, 6.45) is 9.34. The zero-order valence-corrected chi connectivity index (χ0v) is 11.2. The fourth-order valence-corrected chi connectivity index (χ4v) is 1.52. The first-order chi connectivity index (χ1) is 7.11. The number of alkyl halides is 1. The molecule has 0 fully saturated rings. The predicted molar refractivity (Wildman–Crippen MR) is 71.6 cm³/mol. The van der Waals surface area contributed by atoms with E-state index in [1.54, 1.807) is 5.54 Å². The molecule has 0 aliphatic heterocycles. The fraction of sp³-hybridized carbons (Fsp3) is 0.538. The fourth-order valence-electron chi connectivity index (χ4n) is 1.11. The van der Waals surface area contributed by atoms with Crippen LogP contribution in [0.4, 0.5) is 0 Å². The highest BCUT2D eigenvalue weighted by atomic mass is 35.5. The molecule has 2 unspecified atom stereocenters. The number of allylic oxidation sites excluding steroid dienone is 5. The summed E-state index contributed by atoms with van der Waals surface area (Å²) < 4.78 is 0. The molecule has 86 valence electrons. The highest BCUT2D eigenvalue weighted by Gasteiger charge is 2.06. The third-order valence-corrected chi connectivity index (χ3v) is 3.08. The highest BCUT2D eigenvalue weighted by Crippen LogP contribution is 2.16. The van der Waals surface area contributed by atoms with Crippen LogP contribution < -0.4 is 0 Å². The summed E-state index contributed by atoms with van der Waals surface area (Å²) in [5, 5.41) is 0. The molecule has 0 N–H and O–H groups in total. The van der Waals surface area contributed by atoms with E-state index in [4.69, 9.17) is 23.2 Å². The van der Waals surface area contributed by atoms with Crippen LogP contribution in [0.15, 0.2) is 35.4 Å². The zero-order chi connectivity index (χ0) is 11.7. The molecule has 15 heavy (non-hydrogen) atoms. The lowest BCUT2D eigenvalue weighted by atomic mass is 9.93. The maximum Gasteiger partial charge on any atom is 0.0226 e. The molecule has 0 rings (SSSR count). The molecule has 2 atom stereocenters. The average Bonchev–Trinajstić information content (AvgIpc) is 2.23. The summed E-state index contributed by atoms with van der Waals surface area (Å²) >= 11 is 11.2. The second-order valence-corrected chi connectivity index (χ2v) is 4.51. The van der Waals surface area contributed by atoms with Crippen molar-refractivity contribution in [2.75, 3.05) is 5.88 Å². The van der Waals surface area contributed by atoms with E-state index >= 15 is 0 Å². The Kier molecular flexibility index (Phi) is 8.94. The van der Waals surface area contributed by atoms with E-state index in [9.17, 15) is 0 Å². The Bertz CT molecular complexity index is 239. The molecule has 0 aromatic heterocycles. The van der Waals surface area contributed by atoms with Crippen molar-refractivity contribution in [2.45, 2.75) is 27.2 Å². The average molecular weight is 247 g/mol. The normalized spacial score (nSPS) is 17.5. The molecule has 0 heterocycles. The minimum Gasteiger partial charge on any atom is -0.127 e. The van der Waals surface area contributed by atoms with Gasteiger partial charge in [-0.25, -0.2) is 0 Å². The van der Waals surface area contributed by atoms with Crippen molar-refractivity contribution in [1.29, 1.82) is 0 Å². The van der Waals surface area contributed by atoms with Crippen LogP contribution >= 0.6 is 23.2 Å². The molecule has 0 aliphatic rings. The lowest BCUT2D eigenvalue weighted by Gasteiger charge is -2.14. The second-order valence-electron chi connectivity index (χ2n) is 3.91. The molecule has 0 aromatic carbocycles. The van der Waals surface area contributed by atoms with Crippen LogP contribution in [0.1, 0.15) is 27.2 Å². The summed E-state index contributed by atoms with van der Waals surface area (Å²) in [5.41, 5.74) is 2.63. The van der Waals surface area contributed by atoms with Crippen molar-refractivity contribution in [1.82, 2.24) is 0 Å². The lowest BCUT2D eigenvalue weighted by molar-refractivity contribution is 0.448. The maximum atomic E-state index is 5.70. The summed E-state index contributed by atoms with van der Waals surface area (Å²) in [6.45, 7) is 6.41. The smallest absolute Gasteiger partial charge is 0.0226 e. The molecule has 0 bridgehead atoms. The standard InChI is InChI=1S/C13H20Cl2/c1-11(10-15)6-4-5-7-12(2)13(3)8-9-14/h4-7,10,12-13H,8-9H2,1-3H3. The van der Waals surface area contributed by atoms with E-state index < -0.39 is 0 Å². The van der Waals surface area contributed by atoms with Crippen LogP contribution in [0, 0.1) is 11.8 Å². The summed E-state index contributed by atoms with van der Waals surface area (Å²) in [4.78, 5) is 0. The molecule has 2 heteroatoms. The summed E-state index contributed by atoms with van der Waals surface area (Å²) in [6, 6.07) is 0. The van der Waals surface area contributed by atoms with Crippen molar-refractivity contribution in [3.8, 4) is 0 Å². The third-order valence-electron chi connectivity index (χ3n) is 2.52. The van der Waals surface area contributed by atoms with Crippen LogP contribution in [-0.2, 0) is 0 Å². The first-order valence-corrected chi connectivity index (χ1v) is 6.26.